The largest absolute Gasteiger partial charge is 0.317 e. The first-order chi connectivity index (χ1) is 7.90. The molecule has 0 amide bonds. The van der Waals surface area contributed by atoms with E-state index in [0.29, 0.717) is 0 Å². The van der Waals surface area contributed by atoms with E-state index in [1.54, 1.807) is 17.5 Å². The Hall–Kier alpha value is -1.27. The van der Waals surface area contributed by atoms with Crippen molar-refractivity contribution in [2.75, 3.05) is 13.1 Å². The number of aromatic amines is 1. The van der Waals surface area contributed by atoms with Crippen LogP contribution in [-0.4, -0.2) is 33.5 Å². The highest BCUT2D eigenvalue weighted by Gasteiger charge is 2.06. The third-order valence-electron chi connectivity index (χ3n) is 2.21. The molecule has 2 rings (SSSR count). The van der Waals surface area contributed by atoms with E-state index in [-0.39, 0.29) is 0 Å². The normalized spacial score (nSPS) is 10.8. The molecule has 0 aliphatic rings. The highest BCUT2D eigenvalue weighted by molar-refractivity contribution is 7.14. The molecule has 0 fully saturated rings. The quantitative estimate of drug-likeness (QED) is 0.747. The van der Waals surface area contributed by atoms with Gasteiger partial charge < -0.3 is 5.32 Å². The summed E-state index contributed by atoms with van der Waals surface area (Å²) in [4.78, 5) is 0. The maximum absolute atomic E-state index is 4.17. The van der Waals surface area contributed by atoms with Gasteiger partial charge in [0.2, 0.25) is 0 Å². The van der Waals surface area contributed by atoms with Crippen molar-refractivity contribution in [3.63, 3.8) is 0 Å². The molecule has 0 spiro atoms. The van der Waals surface area contributed by atoms with Gasteiger partial charge in [0, 0.05) is 12.6 Å². The monoisotopic (exact) mass is 237 g/mol. The molecule has 2 N–H and O–H groups in total. The van der Waals surface area contributed by atoms with E-state index < -0.39 is 0 Å². The van der Waals surface area contributed by atoms with Crippen molar-refractivity contribution in [3.05, 3.63) is 17.4 Å². The van der Waals surface area contributed by atoms with Gasteiger partial charge in [0.1, 0.15) is 5.01 Å². The van der Waals surface area contributed by atoms with E-state index in [1.165, 1.54) is 0 Å². The van der Waals surface area contributed by atoms with Crippen LogP contribution in [-0.2, 0) is 6.42 Å². The first kappa shape index (κ1) is 11.2. The molecule has 0 aliphatic carbocycles. The zero-order chi connectivity index (χ0) is 11.2. The summed E-state index contributed by atoms with van der Waals surface area (Å²) >= 11 is 1.64. The summed E-state index contributed by atoms with van der Waals surface area (Å²) in [6.45, 7) is 4.18. The molecule has 0 aromatic carbocycles. The second-order valence-electron chi connectivity index (χ2n) is 3.45. The molecule has 0 bridgehead atoms. The third kappa shape index (κ3) is 2.86. The Morgan fingerprint density at radius 1 is 1.44 bits per heavy atom. The molecule has 16 heavy (non-hydrogen) atoms. The Morgan fingerprint density at radius 2 is 2.38 bits per heavy atom. The molecule has 2 heterocycles. The maximum atomic E-state index is 4.17. The molecule has 86 valence electrons. The Bertz CT molecular complexity index is 409. The fraction of sp³-hybridized carbons (Fsp3) is 0.500. The molecule has 0 unspecified atom stereocenters. The summed E-state index contributed by atoms with van der Waals surface area (Å²) in [5, 5.41) is 20.3. The highest BCUT2D eigenvalue weighted by Crippen LogP contribution is 2.22. The van der Waals surface area contributed by atoms with E-state index in [2.05, 4.69) is 32.6 Å². The molecular weight excluding hydrogens is 222 g/mol. The van der Waals surface area contributed by atoms with Crippen LogP contribution in [0, 0.1) is 0 Å². The topological polar surface area (TPSA) is 66.5 Å². The molecule has 0 radical (unpaired) electrons. The van der Waals surface area contributed by atoms with Crippen LogP contribution >= 0.6 is 11.3 Å². The van der Waals surface area contributed by atoms with Crippen molar-refractivity contribution in [2.45, 2.75) is 19.8 Å². The van der Waals surface area contributed by atoms with Crippen molar-refractivity contribution >= 4 is 11.3 Å². The highest BCUT2D eigenvalue weighted by atomic mass is 32.1. The van der Waals surface area contributed by atoms with Gasteiger partial charge in [-0.2, -0.15) is 5.10 Å². The number of aromatic nitrogens is 4. The summed E-state index contributed by atoms with van der Waals surface area (Å²) in [5.74, 6) is 0. The number of nitrogens with one attached hydrogen (secondary N) is 2. The smallest absolute Gasteiger partial charge is 0.150 e. The van der Waals surface area contributed by atoms with E-state index in [9.17, 15) is 0 Å². The van der Waals surface area contributed by atoms with Gasteiger partial charge in [-0.3, -0.25) is 5.10 Å². The fourth-order valence-corrected chi connectivity index (χ4v) is 2.24. The first-order valence-corrected chi connectivity index (χ1v) is 6.24. The number of hydrogen-bond acceptors (Lipinski definition) is 5. The Labute approximate surface area is 98.3 Å². The minimum atomic E-state index is 0.937. The molecule has 0 atom stereocenters. The summed E-state index contributed by atoms with van der Waals surface area (Å²) in [6, 6.07) is 0. The van der Waals surface area contributed by atoms with Crippen LogP contribution in [0.2, 0.25) is 0 Å². The van der Waals surface area contributed by atoms with Crippen molar-refractivity contribution < 1.29 is 0 Å². The summed E-state index contributed by atoms with van der Waals surface area (Å²) < 4.78 is 0. The van der Waals surface area contributed by atoms with Crippen LogP contribution in [0.25, 0.3) is 10.6 Å². The van der Waals surface area contributed by atoms with E-state index >= 15 is 0 Å². The number of rotatable bonds is 6. The maximum Gasteiger partial charge on any atom is 0.150 e. The summed E-state index contributed by atoms with van der Waals surface area (Å²) in [5.41, 5.74) is 1.01. The SMILES string of the molecule is CCNCCCc1nnc(-c2cn[nH]c2)s1. The van der Waals surface area contributed by atoms with E-state index in [4.69, 9.17) is 0 Å². The van der Waals surface area contributed by atoms with Crippen LogP contribution in [0.15, 0.2) is 12.4 Å². The molecule has 5 nitrogen and oxygen atoms in total. The molecule has 0 aliphatic heterocycles. The lowest BCUT2D eigenvalue weighted by Crippen LogP contribution is -2.14. The van der Waals surface area contributed by atoms with Crippen molar-refractivity contribution in [2.24, 2.45) is 0 Å². The Kier molecular flexibility index (Phi) is 4.01. The average Bonchev–Trinajstić information content (AvgIpc) is 2.94. The van der Waals surface area contributed by atoms with Gasteiger partial charge in [-0.15, -0.1) is 10.2 Å². The molecule has 0 saturated carbocycles. The standard InChI is InChI=1S/C10H15N5S/c1-2-11-5-3-4-9-14-15-10(16-9)8-6-12-13-7-8/h6-7,11H,2-5H2,1H3,(H,12,13). The van der Waals surface area contributed by atoms with Gasteiger partial charge in [-0.25, -0.2) is 0 Å². The second-order valence-corrected chi connectivity index (χ2v) is 4.51. The van der Waals surface area contributed by atoms with Crippen LogP contribution in [0.3, 0.4) is 0 Å². The van der Waals surface area contributed by atoms with Gasteiger partial charge in [-0.05, 0) is 19.5 Å². The lowest BCUT2D eigenvalue weighted by molar-refractivity contribution is 0.669. The number of nitrogens with zero attached hydrogens (tertiary/aromatic N) is 3. The Morgan fingerprint density at radius 3 is 3.12 bits per heavy atom. The summed E-state index contributed by atoms with van der Waals surface area (Å²) in [7, 11) is 0. The zero-order valence-electron chi connectivity index (χ0n) is 9.23. The second kappa shape index (κ2) is 5.72. The van der Waals surface area contributed by atoms with Crippen molar-refractivity contribution in [3.8, 4) is 10.6 Å². The molecule has 0 saturated heterocycles. The van der Waals surface area contributed by atoms with Crippen LogP contribution in [0.4, 0.5) is 0 Å². The predicted molar refractivity (Wildman–Crippen MR) is 64.4 cm³/mol. The van der Waals surface area contributed by atoms with Gasteiger partial charge in [0.15, 0.2) is 5.01 Å². The first-order valence-electron chi connectivity index (χ1n) is 5.42. The Balaban J connectivity index is 1.88. The molecule has 2 aromatic heterocycles. The molecule has 2 aromatic rings. The van der Waals surface area contributed by atoms with Gasteiger partial charge >= 0.3 is 0 Å². The minimum Gasteiger partial charge on any atom is -0.317 e. The van der Waals surface area contributed by atoms with Crippen molar-refractivity contribution in [1.29, 1.82) is 0 Å². The van der Waals surface area contributed by atoms with Crippen LogP contribution < -0.4 is 5.32 Å². The fourth-order valence-electron chi connectivity index (χ4n) is 1.38. The van der Waals surface area contributed by atoms with E-state index in [1.807, 2.05) is 6.20 Å². The molecule has 6 heteroatoms. The predicted octanol–water partition coefficient (Wildman–Crippen LogP) is 1.47. The average molecular weight is 237 g/mol. The zero-order valence-corrected chi connectivity index (χ0v) is 10.0. The lowest BCUT2D eigenvalue weighted by Gasteiger charge is -1.97. The molecular formula is C10H15N5S. The third-order valence-corrected chi connectivity index (χ3v) is 3.24. The van der Waals surface area contributed by atoms with Crippen LogP contribution in [0.5, 0.6) is 0 Å². The number of H-pyrrole nitrogens is 1. The lowest BCUT2D eigenvalue weighted by atomic mass is 10.3. The number of hydrogen-bond donors (Lipinski definition) is 2. The van der Waals surface area contributed by atoms with Crippen LogP contribution in [0.1, 0.15) is 18.4 Å². The van der Waals surface area contributed by atoms with Gasteiger partial charge in [0.25, 0.3) is 0 Å². The summed E-state index contributed by atoms with van der Waals surface area (Å²) in [6.07, 6.45) is 5.70. The van der Waals surface area contributed by atoms with Gasteiger partial charge in [-0.1, -0.05) is 18.3 Å². The van der Waals surface area contributed by atoms with E-state index in [0.717, 1.165) is 41.5 Å². The number of aryl methyl sites for hydroxylation is 1. The van der Waals surface area contributed by atoms with Crippen molar-refractivity contribution in [1.82, 2.24) is 25.7 Å². The van der Waals surface area contributed by atoms with Gasteiger partial charge in [0.05, 0.1) is 11.8 Å². The minimum absolute atomic E-state index is 0.937.